The molecule has 0 bridgehead atoms. The summed E-state index contributed by atoms with van der Waals surface area (Å²) in [4.78, 5) is 36.2. The fourth-order valence-electron chi connectivity index (χ4n) is 1.36. The highest BCUT2D eigenvalue weighted by molar-refractivity contribution is 5.86. The summed E-state index contributed by atoms with van der Waals surface area (Å²) in [6.45, 7) is 1.26. The van der Waals surface area contributed by atoms with Crippen molar-refractivity contribution in [1.29, 1.82) is 0 Å². The van der Waals surface area contributed by atoms with Crippen molar-refractivity contribution >= 4 is 18.0 Å². The van der Waals surface area contributed by atoms with Crippen LogP contribution in [-0.2, 0) is 9.59 Å². The van der Waals surface area contributed by atoms with Crippen molar-refractivity contribution in [3.05, 3.63) is 0 Å². The fourth-order valence-corrected chi connectivity index (χ4v) is 1.36. The lowest BCUT2D eigenvalue weighted by Gasteiger charge is -2.21. The molecular formula is C11H21N3O5. The first kappa shape index (κ1) is 17.2. The van der Waals surface area contributed by atoms with Crippen LogP contribution < -0.4 is 5.32 Å². The Balaban J connectivity index is 4.23. The number of carboxylic acids is 2. The smallest absolute Gasteiger partial charge is 0.326 e. The number of hydrogen-bond donors (Lipinski definition) is 3. The second kappa shape index (κ2) is 8.30. The molecule has 1 atom stereocenters. The van der Waals surface area contributed by atoms with Crippen LogP contribution in [0.4, 0.5) is 4.79 Å². The number of carboxylic acid groups (broad SMARTS) is 2. The van der Waals surface area contributed by atoms with Crippen molar-refractivity contribution in [2.45, 2.75) is 18.9 Å². The van der Waals surface area contributed by atoms with Gasteiger partial charge in [0.05, 0.1) is 6.42 Å². The van der Waals surface area contributed by atoms with Crippen molar-refractivity contribution in [2.24, 2.45) is 0 Å². The number of aliphatic carboxylic acids is 2. The van der Waals surface area contributed by atoms with Crippen LogP contribution in [0.25, 0.3) is 0 Å². The molecule has 110 valence electrons. The van der Waals surface area contributed by atoms with E-state index in [4.69, 9.17) is 10.2 Å². The van der Waals surface area contributed by atoms with Crippen LogP contribution in [0.1, 0.15) is 12.8 Å². The first-order valence-electron chi connectivity index (χ1n) is 5.85. The third kappa shape index (κ3) is 7.98. The predicted molar refractivity (Wildman–Crippen MR) is 68.0 cm³/mol. The lowest BCUT2D eigenvalue weighted by atomic mass is 10.2. The Morgan fingerprint density at radius 3 is 2.11 bits per heavy atom. The van der Waals surface area contributed by atoms with Gasteiger partial charge in [-0.3, -0.25) is 4.79 Å². The molecule has 2 amide bonds. The summed E-state index contributed by atoms with van der Waals surface area (Å²) in [6.07, 6.45) is 0.0974. The summed E-state index contributed by atoms with van der Waals surface area (Å²) < 4.78 is 0. The maximum Gasteiger partial charge on any atom is 0.326 e. The first-order valence-corrected chi connectivity index (χ1v) is 5.85. The van der Waals surface area contributed by atoms with Crippen LogP contribution in [0.5, 0.6) is 0 Å². The van der Waals surface area contributed by atoms with E-state index < -0.39 is 30.4 Å². The van der Waals surface area contributed by atoms with Gasteiger partial charge in [0, 0.05) is 13.6 Å². The number of carbonyl (C=O) groups is 3. The summed E-state index contributed by atoms with van der Waals surface area (Å²) in [7, 11) is 5.35. The minimum absolute atomic E-state index is 0.462. The Hall–Kier alpha value is -1.83. The average molecular weight is 275 g/mol. The number of carbonyl (C=O) groups excluding carboxylic acids is 1. The van der Waals surface area contributed by atoms with E-state index in [0.717, 1.165) is 13.0 Å². The lowest BCUT2D eigenvalue weighted by Crippen LogP contribution is -2.48. The molecule has 0 aromatic carbocycles. The van der Waals surface area contributed by atoms with Crippen LogP contribution in [0.15, 0.2) is 0 Å². The van der Waals surface area contributed by atoms with Gasteiger partial charge in [-0.2, -0.15) is 0 Å². The van der Waals surface area contributed by atoms with E-state index in [1.807, 2.05) is 19.0 Å². The standard InChI is InChI=1S/C11H21N3O5/c1-13(2)5-4-6-14(3)11(19)12-8(10(17)18)7-9(15)16/h8H,4-7H2,1-3H3,(H,12,19)(H,15,16)(H,17,18)/t8-/m1/s1. The van der Waals surface area contributed by atoms with E-state index in [9.17, 15) is 14.4 Å². The lowest BCUT2D eigenvalue weighted by molar-refractivity contribution is -0.145. The van der Waals surface area contributed by atoms with Gasteiger partial charge in [-0.05, 0) is 27.1 Å². The molecule has 3 N–H and O–H groups in total. The van der Waals surface area contributed by atoms with Gasteiger partial charge in [0.25, 0.3) is 0 Å². The molecule has 0 aromatic heterocycles. The Morgan fingerprint density at radius 1 is 1.11 bits per heavy atom. The molecule has 0 aromatic rings. The zero-order chi connectivity index (χ0) is 15.0. The van der Waals surface area contributed by atoms with Crippen LogP contribution in [0.3, 0.4) is 0 Å². The minimum atomic E-state index is -1.42. The third-order valence-electron chi connectivity index (χ3n) is 2.42. The van der Waals surface area contributed by atoms with Gasteiger partial charge in [0.15, 0.2) is 0 Å². The molecule has 19 heavy (non-hydrogen) atoms. The zero-order valence-electron chi connectivity index (χ0n) is 11.4. The van der Waals surface area contributed by atoms with Crippen molar-refractivity contribution in [1.82, 2.24) is 15.1 Å². The summed E-state index contributed by atoms with van der Waals surface area (Å²) in [6, 6.07) is -2.01. The Bertz CT molecular complexity index is 332. The second-order valence-electron chi connectivity index (χ2n) is 4.52. The van der Waals surface area contributed by atoms with E-state index in [0.29, 0.717) is 6.54 Å². The van der Waals surface area contributed by atoms with Crippen molar-refractivity contribution in [3.63, 3.8) is 0 Å². The number of hydrogen-bond acceptors (Lipinski definition) is 4. The monoisotopic (exact) mass is 275 g/mol. The average Bonchev–Trinajstić information content (AvgIpc) is 2.26. The number of amides is 2. The Morgan fingerprint density at radius 2 is 1.68 bits per heavy atom. The maximum absolute atomic E-state index is 11.7. The SMILES string of the molecule is CN(C)CCCN(C)C(=O)N[C@H](CC(=O)O)C(=O)O. The maximum atomic E-state index is 11.7. The van der Waals surface area contributed by atoms with Crippen LogP contribution >= 0.6 is 0 Å². The molecule has 8 nitrogen and oxygen atoms in total. The number of rotatable bonds is 8. The molecule has 0 radical (unpaired) electrons. The van der Waals surface area contributed by atoms with Crippen LogP contribution in [0.2, 0.25) is 0 Å². The van der Waals surface area contributed by atoms with Crippen molar-refractivity contribution in [2.75, 3.05) is 34.2 Å². The van der Waals surface area contributed by atoms with Crippen LogP contribution in [-0.4, -0.2) is 78.3 Å². The van der Waals surface area contributed by atoms with Crippen LogP contribution in [0, 0.1) is 0 Å². The molecule has 0 aliphatic carbocycles. The molecule has 0 saturated heterocycles. The van der Waals surface area contributed by atoms with E-state index in [-0.39, 0.29) is 0 Å². The highest BCUT2D eigenvalue weighted by Crippen LogP contribution is 1.96. The minimum Gasteiger partial charge on any atom is -0.481 e. The summed E-state index contributed by atoms with van der Waals surface area (Å²) >= 11 is 0. The quantitative estimate of drug-likeness (QED) is 0.551. The molecular weight excluding hydrogens is 254 g/mol. The second-order valence-corrected chi connectivity index (χ2v) is 4.52. The Kier molecular flexibility index (Phi) is 7.50. The first-order chi connectivity index (χ1) is 8.73. The topological polar surface area (TPSA) is 110 Å². The molecule has 0 unspecified atom stereocenters. The van der Waals surface area contributed by atoms with Gasteiger partial charge < -0.3 is 25.3 Å². The summed E-state index contributed by atoms with van der Waals surface area (Å²) in [5, 5.41) is 19.5. The van der Waals surface area contributed by atoms with Gasteiger partial charge in [0.2, 0.25) is 0 Å². The number of nitrogens with zero attached hydrogens (tertiary/aromatic N) is 2. The zero-order valence-corrected chi connectivity index (χ0v) is 11.4. The molecule has 0 heterocycles. The van der Waals surface area contributed by atoms with E-state index in [1.165, 1.54) is 11.9 Å². The van der Waals surface area contributed by atoms with Gasteiger partial charge in [-0.25, -0.2) is 9.59 Å². The van der Waals surface area contributed by atoms with Gasteiger partial charge in [0.1, 0.15) is 6.04 Å². The molecule has 8 heteroatoms. The van der Waals surface area contributed by atoms with E-state index in [2.05, 4.69) is 5.32 Å². The summed E-state index contributed by atoms with van der Waals surface area (Å²) in [5.74, 6) is -2.64. The number of nitrogens with one attached hydrogen (secondary N) is 1. The van der Waals surface area contributed by atoms with E-state index >= 15 is 0 Å². The molecule has 0 spiro atoms. The molecule has 0 saturated carbocycles. The number of urea groups is 1. The highest BCUT2D eigenvalue weighted by Gasteiger charge is 2.24. The molecule has 0 rings (SSSR count). The molecule has 0 aliphatic heterocycles. The fraction of sp³-hybridized carbons (Fsp3) is 0.727. The van der Waals surface area contributed by atoms with Gasteiger partial charge in [-0.1, -0.05) is 0 Å². The molecule has 0 fully saturated rings. The van der Waals surface area contributed by atoms with Crippen molar-refractivity contribution in [3.8, 4) is 0 Å². The van der Waals surface area contributed by atoms with Gasteiger partial charge in [-0.15, -0.1) is 0 Å². The largest absolute Gasteiger partial charge is 0.481 e. The highest BCUT2D eigenvalue weighted by atomic mass is 16.4. The van der Waals surface area contributed by atoms with Gasteiger partial charge >= 0.3 is 18.0 Å². The summed E-state index contributed by atoms with van der Waals surface area (Å²) in [5.41, 5.74) is 0. The van der Waals surface area contributed by atoms with Crippen molar-refractivity contribution < 1.29 is 24.6 Å². The Labute approximate surface area is 112 Å². The third-order valence-corrected chi connectivity index (χ3v) is 2.42. The normalized spacial score (nSPS) is 12.0. The predicted octanol–water partition coefficient (Wildman–Crippen LogP) is -0.493. The molecule has 0 aliphatic rings. The van der Waals surface area contributed by atoms with E-state index in [1.54, 1.807) is 0 Å².